The minimum Gasteiger partial charge on any atom is -0.547 e. The van der Waals surface area contributed by atoms with Crippen LogP contribution in [0.15, 0.2) is 0 Å². The Bertz CT molecular complexity index is 204. The maximum atomic E-state index is 10.5. The molecule has 2 unspecified atom stereocenters. The highest BCUT2D eigenvalue weighted by Crippen LogP contribution is 2.34. The third-order valence-electron chi connectivity index (χ3n) is 2.19. The largest absolute Gasteiger partial charge is 0.547 e. The summed E-state index contributed by atoms with van der Waals surface area (Å²) in [5.41, 5.74) is 0. The summed E-state index contributed by atoms with van der Waals surface area (Å²) < 4.78 is 15.1. The lowest BCUT2D eigenvalue weighted by molar-refractivity contribution is -0.322. The Hall–Kier alpha value is -0.650. The number of carbonyl (C=O) groups excluding carboxylic acids is 1. The maximum Gasteiger partial charge on any atom is 0.126 e. The number of fused-ring (bicyclic) bond motifs is 1. The van der Waals surface area contributed by atoms with E-state index >= 15 is 0 Å². The molecule has 0 aromatic rings. The zero-order valence-corrected chi connectivity index (χ0v) is 6.56. The van der Waals surface area contributed by atoms with Crippen LogP contribution in [0.2, 0.25) is 0 Å². The molecule has 0 aliphatic carbocycles. The monoisotopic (exact) mass is 173 g/mol. The molecule has 68 valence electrons. The Balaban J connectivity index is 2.06. The van der Waals surface area contributed by atoms with Gasteiger partial charge in [0.2, 0.25) is 0 Å². The van der Waals surface area contributed by atoms with Crippen molar-refractivity contribution in [1.29, 1.82) is 0 Å². The smallest absolute Gasteiger partial charge is 0.126 e. The van der Waals surface area contributed by atoms with Crippen LogP contribution in [0.3, 0.4) is 0 Å². The number of carboxylic acids is 1. The molecule has 4 atom stereocenters. The van der Waals surface area contributed by atoms with Gasteiger partial charge in [-0.3, -0.25) is 0 Å². The summed E-state index contributed by atoms with van der Waals surface area (Å²) in [6.45, 7) is 0.323. The van der Waals surface area contributed by atoms with Crippen LogP contribution in [0.1, 0.15) is 0 Å². The Morgan fingerprint density at radius 2 is 2.42 bits per heavy atom. The van der Waals surface area contributed by atoms with E-state index in [9.17, 15) is 9.90 Å². The van der Waals surface area contributed by atoms with Crippen molar-refractivity contribution in [3.05, 3.63) is 0 Å². The van der Waals surface area contributed by atoms with E-state index in [0.717, 1.165) is 0 Å². The van der Waals surface area contributed by atoms with Gasteiger partial charge < -0.3 is 24.1 Å². The molecule has 2 saturated heterocycles. The summed E-state index contributed by atoms with van der Waals surface area (Å²) in [5.74, 6) is -1.24. The third-order valence-corrected chi connectivity index (χ3v) is 2.19. The highest BCUT2D eigenvalue weighted by atomic mass is 16.7. The number of hydrogen-bond donors (Lipinski definition) is 0. The van der Waals surface area contributed by atoms with Crippen molar-refractivity contribution >= 4 is 5.97 Å². The van der Waals surface area contributed by atoms with Crippen LogP contribution in [-0.2, 0) is 19.0 Å². The number of ether oxygens (including phenoxy) is 3. The van der Waals surface area contributed by atoms with E-state index in [4.69, 9.17) is 14.2 Å². The lowest BCUT2D eigenvalue weighted by Crippen LogP contribution is -2.51. The van der Waals surface area contributed by atoms with Crippen molar-refractivity contribution < 1.29 is 24.1 Å². The molecular weight excluding hydrogens is 164 g/mol. The van der Waals surface area contributed by atoms with Gasteiger partial charge in [0.05, 0.1) is 12.6 Å². The molecule has 0 aromatic carbocycles. The van der Waals surface area contributed by atoms with E-state index in [-0.39, 0.29) is 12.2 Å². The topological polar surface area (TPSA) is 71.1 Å². The normalized spacial score (nSPS) is 45.1. The van der Waals surface area contributed by atoms with Gasteiger partial charge in [0.25, 0.3) is 0 Å². The number of carboxylic acid groups (broad SMARTS) is 1. The molecule has 5 heteroatoms. The second kappa shape index (κ2) is 2.69. The average molecular weight is 173 g/mol. The molecule has 2 heterocycles. The zero-order valence-electron chi connectivity index (χ0n) is 6.56. The summed E-state index contributed by atoms with van der Waals surface area (Å²) in [6, 6.07) is 0. The van der Waals surface area contributed by atoms with Gasteiger partial charge in [0.1, 0.15) is 24.4 Å². The summed E-state index contributed by atoms with van der Waals surface area (Å²) in [6.07, 6.45) is -1.61. The number of carbonyl (C=O) groups is 1. The van der Waals surface area contributed by atoms with E-state index in [2.05, 4.69) is 0 Å². The van der Waals surface area contributed by atoms with Gasteiger partial charge >= 0.3 is 0 Å². The van der Waals surface area contributed by atoms with Crippen LogP contribution in [0, 0.1) is 0 Å². The van der Waals surface area contributed by atoms with Crippen LogP contribution in [-0.4, -0.2) is 44.1 Å². The molecule has 0 amide bonds. The molecular formula is C7H9O5-. The molecule has 0 spiro atoms. The first-order chi connectivity index (χ1) is 5.74. The van der Waals surface area contributed by atoms with Gasteiger partial charge in [-0.05, 0) is 0 Å². The van der Waals surface area contributed by atoms with Gasteiger partial charge in [0, 0.05) is 7.11 Å². The number of hydrogen-bond acceptors (Lipinski definition) is 5. The molecule has 0 aromatic heterocycles. The molecule has 0 N–H and O–H groups in total. The summed E-state index contributed by atoms with van der Waals surface area (Å²) in [4.78, 5) is 10.5. The van der Waals surface area contributed by atoms with Crippen LogP contribution >= 0.6 is 0 Å². The van der Waals surface area contributed by atoms with Gasteiger partial charge in [-0.1, -0.05) is 0 Å². The fourth-order valence-electron chi connectivity index (χ4n) is 1.51. The summed E-state index contributed by atoms with van der Waals surface area (Å²) >= 11 is 0. The quantitative estimate of drug-likeness (QED) is 0.448. The highest BCUT2D eigenvalue weighted by molar-refractivity contribution is 5.71. The molecule has 2 rings (SSSR count). The Labute approximate surface area is 69.2 Å². The predicted octanol–water partition coefficient (Wildman–Crippen LogP) is -2.08. The zero-order chi connectivity index (χ0) is 8.72. The second-order valence-corrected chi connectivity index (χ2v) is 2.91. The van der Waals surface area contributed by atoms with Gasteiger partial charge in [-0.2, -0.15) is 0 Å². The molecule has 2 aliphatic rings. The summed E-state index contributed by atoms with van der Waals surface area (Å²) in [5, 5.41) is 10.5. The average Bonchev–Trinajstić information content (AvgIpc) is 2.79. The highest BCUT2D eigenvalue weighted by Gasteiger charge is 2.53. The van der Waals surface area contributed by atoms with Crippen LogP contribution in [0.25, 0.3) is 0 Å². The SMILES string of the molecule is CO[C@@H]1C(C(=O)[O-])OCC2O[C@@H]21. The maximum absolute atomic E-state index is 10.5. The fraction of sp³-hybridized carbons (Fsp3) is 0.857. The number of methoxy groups -OCH3 is 1. The van der Waals surface area contributed by atoms with Gasteiger partial charge in [-0.15, -0.1) is 0 Å². The van der Waals surface area contributed by atoms with Crippen molar-refractivity contribution in [1.82, 2.24) is 0 Å². The number of epoxide rings is 1. The van der Waals surface area contributed by atoms with E-state index in [1.54, 1.807) is 0 Å². The minimum absolute atomic E-state index is 0.0190. The first kappa shape index (κ1) is 7.97. The van der Waals surface area contributed by atoms with E-state index in [1.165, 1.54) is 7.11 Å². The molecule has 0 radical (unpaired) electrons. The molecule has 0 saturated carbocycles. The van der Waals surface area contributed by atoms with Crippen molar-refractivity contribution in [2.45, 2.75) is 24.4 Å². The van der Waals surface area contributed by atoms with E-state index in [0.29, 0.717) is 6.61 Å². The minimum atomic E-state index is -1.24. The first-order valence-electron chi connectivity index (χ1n) is 3.74. The van der Waals surface area contributed by atoms with E-state index in [1.807, 2.05) is 0 Å². The molecule has 2 fully saturated rings. The fourth-order valence-corrected chi connectivity index (χ4v) is 1.51. The standard InChI is InChI=1S/C7H10O5/c1-10-5-4-3(12-4)2-11-6(5)7(8)9/h3-6H,2H2,1H3,(H,8,9)/p-1/t3?,4-,5-,6?/m0/s1. The molecule has 0 bridgehead atoms. The third kappa shape index (κ3) is 1.10. The number of aliphatic carboxylic acids is 1. The lowest BCUT2D eigenvalue weighted by Gasteiger charge is -2.28. The number of rotatable bonds is 2. The first-order valence-corrected chi connectivity index (χ1v) is 3.74. The lowest BCUT2D eigenvalue weighted by atomic mass is 10.1. The second-order valence-electron chi connectivity index (χ2n) is 2.91. The Morgan fingerprint density at radius 1 is 1.67 bits per heavy atom. The summed E-state index contributed by atoms with van der Waals surface area (Å²) in [7, 11) is 1.44. The van der Waals surface area contributed by atoms with Crippen LogP contribution in [0.5, 0.6) is 0 Å². The Kier molecular flexibility index (Phi) is 1.79. The van der Waals surface area contributed by atoms with Crippen LogP contribution < -0.4 is 5.11 Å². The van der Waals surface area contributed by atoms with Crippen molar-refractivity contribution in [2.75, 3.05) is 13.7 Å². The Morgan fingerprint density at radius 3 is 3.00 bits per heavy atom. The van der Waals surface area contributed by atoms with Crippen molar-refractivity contribution in [3.8, 4) is 0 Å². The molecule has 12 heavy (non-hydrogen) atoms. The van der Waals surface area contributed by atoms with E-state index < -0.39 is 18.2 Å². The molecule has 2 aliphatic heterocycles. The van der Waals surface area contributed by atoms with Crippen LogP contribution in [0.4, 0.5) is 0 Å². The predicted molar refractivity (Wildman–Crippen MR) is 34.2 cm³/mol. The van der Waals surface area contributed by atoms with Gasteiger partial charge in [-0.25, -0.2) is 0 Å². The van der Waals surface area contributed by atoms with Crippen molar-refractivity contribution in [2.24, 2.45) is 0 Å². The molecule has 5 nitrogen and oxygen atoms in total. The van der Waals surface area contributed by atoms with Crippen molar-refractivity contribution in [3.63, 3.8) is 0 Å². The van der Waals surface area contributed by atoms with Gasteiger partial charge in [0.15, 0.2) is 0 Å².